The van der Waals surface area contributed by atoms with Crippen LogP contribution in [0.1, 0.15) is 58.1 Å². The van der Waals surface area contributed by atoms with Crippen molar-refractivity contribution in [1.29, 1.82) is 0 Å². The number of ketones is 1. The fourth-order valence-electron chi connectivity index (χ4n) is 10.6. The van der Waals surface area contributed by atoms with Gasteiger partial charge in [-0.1, -0.05) is 20.8 Å². The van der Waals surface area contributed by atoms with E-state index < -0.39 is 86.8 Å². The summed E-state index contributed by atoms with van der Waals surface area (Å²) < 4.78 is 22.7. The minimum absolute atomic E-state index is 0.0107. The predicted molar refractivity (Wildman–Crippen MR) is 121 cm³/mol. The fourth-order valence-corrected chi connectivity index (χ4v) is 10.6. The zero-order chi connectivity index (χ0) is 26.6. The van der Waals surface area contributed by atoms with Crippen molar-refractivity contribution in [3.05, 3.63) is 24.2 Å². The Morgan fingerprint density at radius 2 is 1.97 bits per heavy atom. The van der Waals surface area contributed by atoms with Crippen LogP contribution in [0, 0.1) is 34.0 Å². The molecule has 1 aromatic rings. The lowest BCUT2D eigenvalue weighted by molar-refractivity contribution is -0.185. The molecule has 2 spiro atoms. The molecule has 3 heterocycles. The number of ether oxygens (including phenoxy) is 3. The van der Waals surface area contributed by atoms with Crippen LogP contribution in [-0.2, 0) is 28.6 Å². The minimum atomic E-state index is -1.66. The van der Waals surface area contributed by atoms with E-state index in [1.807, 2.05) is 6.92 Å². The second kappa shape index (κ2) is 6.47. The third-order valence-electron chi connectivity index (χ3n) is 11.9. The number of carbonyl (C=O) groups excluding carboxylic acids is 3. The first-order valence-electron chi connectivity index (χ1n) is 12.9. The van der Waals surface area contributed by atoms with E-state index in [-0.39, 0.29) is 12.8 Å². The molecule has 4 aliphatic carbocycles. The molecule has 10 heteroatoms. The highest BCUT2D eigenvalue weighted by atomic mass is 16.7. The first-order chi connectivity index (χ1) is 17.3. The van der Waals surface area contributed by atoms with Crippen LogP contribution < -0.4 is 0 Å². The second-order valence-electron chi connectivity index (χ2n) is 12.9. The Hall–Kier alpha value is -2.27. The molecule has 0 aromatic carbocycles. The smallest absolute Gasteiger partial charge is 0.335 e. The summed E-state index contributed by atoms with van der Waals surface area (Å²) >= 11 is 0. The van der Waals surface area contributed by atoms with Gasteiger partial charge in [-0.05, 0) is 25.3 Å². The van der Waals surface area contributed by atoms with Gasteiger partial charge in [-0.2, -0.15) is 0 Å². The van der Waals surface area contributed by atoms with Crippen molar-refractivity contribution in [2.24, 2.45) is 34.0 Å². The normalized spacial score (nSPS) is 55.6. The van der Waals surface area contributed by atoms with Gasteiger partial charge in [0.05, 0.1) is 37.6 Å². The standard InChI is InChI=1S/C27H32O10/c1-22-11-25(33)18(15(29)19(22)31)27-13(24(25,3)17(22)16(30)21(32)34-4)5-7-23(2)20(12-6-8-35-10-12)36-14(28)9-26(23,27)37-27/h6,8,10,13,16-20,30-31,33H,5,7,9,11H2,1-4H3/t13?,16-,17-,18?,19+,20-,22-,23-,24+,25?,26-,27-/m0/s1. The maximum atomic E-state index is 14.0. The molecule has 200 valence electrons. The number of aliphatic hydroxyl groups is 3. The molecule has 37 heavy (non-hydrogen) atoms. The van der Waals surface area contributed by atoms with Crippen LogP contribution in [0.4, 0.5) is 0 Å². The van der Waals surface area contributed by atoms with Crippen LogP contribution in [0.5, 0.6) is 0 Å². The zero-order valence-electron chi connectivity index (χ0n) is 21.2. The summed E-state index contributed by atoms with van der Waals surface area (Å²) in [4.78, 5) is 39.8. The number of furan rings is 1. The molecule has 7 rings (SSSR count). The highest BCUT2D eigenvalue weighted by Crippen LogP contribution is 2.88. The molecule has 2 bridgehead atoms. The number of rotatable bonds is 3. The summed E-state index contributed by atoms with van der Waals surface area (Å²) in [6.07, 6.45) is 0.133. The molecule has 10 nitrogen and oxygen atoms in total. The average molecular weight is 517 g/mol. The molecule has 3 unspecified atom stereocenters. The number of aliphatic hydroxyl groups excluding tert-OH is 2. The topological polar surface area (TPSA) is 156 Å². The molecule has 3 N–H and O–H groups in total. The third kappa shape index (κ3) is 2.11. The van der Waals surface area contributed by atoms with Crippen molar-refractivity contribution in [2.45, 2.75) is 81.6 Å². The largest absolute Gasteiger partial charge is 0.472 e. The van der Waals surface area contributed by atoms with Gasteiger partial charge >= 0.3 is 11.9 Å². The summed E-state index contributed by atoms with van der Waals surface area (Å²) in [6, 6.07) is 1.74. The Labute approximate surface area is 213 Å². The number of hydrogen-bond donors (Lipinski definition) is 3. The summed E-state index contributed by atoms with van der Waals surface area (Å²) in [7, 11) is 1.17. The number of cyclic esters (lactones) is 1. The summed E-state index contributed by atoms with van der Waals surface area (Å²) in [5, 5.41) is 35.2. The first kappa shape index (κ1) is 23.8. The quantitative estimate of drug-likeness (QED) is 0.392. The maximum Gasteiger partial charge on any atom is 0.335 e. The number of methoxy groups -OCH3 is 1. The van der Waals surface area contributed by atoms with Gasteiger partial charge in [-0.25, -0.2) is 4.79 Å². The van der Waals surface area contributed by atoms with Gasteiger partial charge in [-0.3, -0.25) is 9.59 Å². The molecule has 2 saturated heterocycles. The molecule has 12 atom stereocenters. The van der Waals surface area contributed by atoms with Crippen LogP contribution in [0.2, 0.25) is 0 Å². The second-order valence-corrected chi connectivity index (χ2v) is 12.9. The number of Topliss-reactive ketones (excluding diaryl/α,β-unsaturated/α-hetero) is 1. The number of carbonyl (C=O) groups is 3. The van der Waals surface area contributed by atoms with Crippen LogP contribution in [0.25, 0.3) is 0 Å². The van der Waals surface area contributed by atoms with Gasteiger partial charge in [0.1, 0.15) is 23.4 Å². The average Bonchev–Trinajstić information content (AvgIpc) is 3.11. The van der Waals surface area contributed by atoms with Crippen LogP contribution in [0.15, 0.2) is 23.0 Å². The Kier molecular flexibility index (Phi) is 4.17. The highest BCUT2D eigenvalue weighted by molar-refractivity contribution is 5.93. The van der Waals surface area contributed by atoms with Crippen LogP contribution >= 0.6 is 0 Å². The molecule has 1 aromatic heterocycles. The van der Waals surface area contributed by atoms with Crippen molar-refractivity contribution in [2.75, 3.05) is 7.11 Å². The lowest BCUT2D eigenvalue weighted by atomic mass is 9.48. The maximum absolute atomic E-state index is 14.0. The van der Waals surface area contributed by atoms with E-state index in [1.54, 1.807) is 19.9 Å². The van der Waals surface area contributed by atoms with E-state index >= 15 is 0 Å². The lowest BCUT2D eigenvalue weighted by Crippen LogP contribution is -2.64. The number of epoxide rings is 1. The van der Waals surface area contributed by atoms with E-state index in [2.05, 4.69) is 0 Å². The van der Waals surface area contributed by atoms with Crippen LogP contribution in [-0.4, -0.2) is 69.2 Å². The van der Waals surface area contributed by atoms with Gasteiger partial charge in [-0.15, -0.1) is 0 Å². The van der Waals surface area contributed by atoms with Crippen molar-refractivity contribution >= 4 is 17.7 Å². The Morgan fingerprint density at radius 3 is 2.62 bits per heavy atom. The zero-order valence-corrected chi connectivity index (χ0v) is 21.2. The molecule has 0 radical (unpaired) electrons. The van der Waals surface area contributed by atoms with Crippen molar-refractivity contribution in [3.63, 3.8) is 0 Å². The first-order valence-corrected chi connectivity index (χ1v) is 12.9. The molecule has 2 aliphatic heterocycles. The van der Waals surface area contributed by atoms with Gasteiger partial charge < -0.3 is 33.9 Å². The van der Waals surface area contributed by atoms with E-state index in [1.165, 1.54) is 19.6 Å². The number of esters is 2. The Bertz CT molecular complexity index is 1240. The van der Waals surface area contributed by atoms with E-state index in [4.69, 9.17) is 18.6 Å². The predicted octanol–water partition coefficient (Wildman–Crippen LogP) is 1.06. The Morgan fingerprint density at radius 1 is 1.24 bits per heavy atom. The Balaban J connectivity index is 1.45. The van der Waals surface area contributed by atoms with E-state index in [9.17, 15) is 29.7 Å². The molecule has 4 saturated carbocycles. The van der Waals surface area contributed by atoms with Gasteiger partial charge in [0.25, 0.3) is 0 Å². The van der Waals surface area contributed by atoms with Crippen molar-refractivity contribution in [3.8, 4) is 0 Å². The third-order valence-corrected chi connectivity index (χ3v) is 11.9. The molecular weight excluding hydrogens is 484 g/mol. The summed E-state index contributed by atoms with van der Waals surface area (Å²) in [6.45, 7) is 5.44. The van der Waals surface area contributed by atoms with Crippen molar-refractivity contribution < 1.29 is 48.3 Å². The van der Waals surface area contributed by atoms with E-state index in [0.717, 1.165) is 0 Å². The molecule has 6 aliphatic rings. The van der Waals surface area contributed by atoms with Gasteiger partial charge in [0.15, 0.2) is 11.9 Å². The van der Waals surface area contributed by atoms with E-state index in [0.29, 0.717) is 18.4 Å². The lowest BCUT2D eigenvalue weighted by Gasteiger charge is -2.54. The molecular formula is C27H32O10. The molecule has 6 fully saturated rings. The number of hydrogen-bond acceptors (Lipinski definition) is 10. The van der Waals surface area contributed by atoms with Crippen molar-refractivity contribution in [1.82, 2.24) is 0 Å². The highest BCUT2D eigenvalue weighted by Gasteiger charge is 2.99. The monoisotopic (exact) mass is 516 g/mol. The van der Waals surface area contributed by atoms with Crippen LogP contribution in [0.3, 0.4) is 0 Å². The SMILES string of the molecule is COC(=O)[C@@H](O)[C@H]1[C@]2(C)CC3(O)C(C(=O)[C@H]2O)[C@]24O[C@]25CC(=O)O[C@@H](c2ccoc2)[C@]5(C)CCC4[C@]13C. The number of fused-ring (bicyclic) bond motifs is 2. The summed E-state index contributed by atoms with van der Waals surface area (Å²) in [5.41, 5.74) is -6.52. The minimum Gasteiger partial charge on any atom is -0.472 e. The summed E-state index contributed by atoms with van der Waals surface area (Å²) in [5.74, 6) is -4.48. The van der Waals surface area contributed by atoms with Gasteiger partial charge in [0.2, 0.25) is 0 Å². The molecule has 0 amide bonds. The fraction of sp³-hybridized carbons (Fsp3) is 0.741. The van der Waals surface area contributed by atoms with Gasteiger partial charge in [0, 0.05) is 33.6 Å².